The number of thioether (sulfide) groups is 1. The molecule has 1 aliphatic rings. The highest BCUT2D eigenvalue weighted by molar-refractivity contribution is 7.99. The molecule has 0 saturated carbocycles. The lowest BCUT2D eigenvalue weighted by Crippen LogP contribution is -2.21. The van der Waals surface area contributed by atoms with Gasteiger partial charge in [-0.05, 0) is 44.6 Å². The van der Waals surface area contributed by atoms with Crippen LogP contribution in [-0.4, -0.2) is 28.6 Å². The number of hydrogen-bond acceptors (Lipinski definition) is 4. The van der Waals surface area contributed by atoms with Gasteiger partial charge in [0.25, 0.3) is 0 Å². The van der Waals surface area contributed by atoms with E-state index in [-0.39, 0.29) is 6.10 Å². The zero-order valence-electron chi connectivity index (χ0n) is 11.2. The Hall–Kier alpha value is -0.900. The zero-order valence-corrected chi connectivity index (χ0v) is 12.0. The molecule has 4 heteroatoms. The molecule has 100 valence electrons. The molecule has 0 radical (unpaired) electrons. The van der Waals surface area contributed by atoms with Crippen molar-refractivity contribution < 1.29 is 4.74 Å². The first kappa shape index (κ1) is 13.5. The molecule has 0 aromatic carbocycles. The van der Waals surface area contributed by atoms with Crippen LogP contribution in [0.4, 0.5) is 5.82 Å². The molecule has 1 fully saturated rings. The molecule has 1 aromatic heterocycles. The topological polar surface area (TPSA) is 34.1 Å². The van der Waals surface area contributed by atoms with Gasteiger partial charge in [-0.3, -0.25) is 0 Å². The van der Waals surface area contributed by atoms with Crippen LogP contribution in [0.25, 0.3) is 0 Å². The van der Waals surface area contributed by atoms with Crippen molar-refractivity contribution in [3.63, 3.8) is 0 Å². The summed E-state index contributed by atoms with van der Waals surface area (Å²) in [6, 6.07) is 3.89. The summed E-state index contributed by atoms with van der Waals surface area (Å²) in [5, 5.41) is 4.15. The number of pyridine rings is 1. The van der Waals surface area contributed by atoms with Gasteiger partial charge >= 0.3 is 0 Å². The van der Waals surface area contributed by atoms with E-state index in [2.05, 4.69) is 22.1 Å². The summed E-state index contributed by atoms with van der Waals surface area (Å²) in [4.78, 5) is 4.37. The summed E-state index contributed by atoms with van der Waals surface area (Å²) in [6.07, 6.45) is 6.02. The highest BCUT2D eigenvalue weighted by Gasteiger charge is 2.14. The molecule has 3 nitrogen and oxygen atoms in total. The summed E-state index contributed by atoms with van der Waals surface area (Å²) in [6.45, 7) is 5.05. The van der Waals surface area contributed by atoms with E-state index in [1.165, 1.54) is 25.0 Å². The molecule has 1 unspecified atom stereocenters. The Morgan fingerprint density at radius 1 is 1.50 bits per heavy atom. The Labute approximate surface area is 114 Å². The molecule has 1 N–H and O–H groups in total. The molecule has 0 aliphatic carbocycles. The van der Waals surface area contributed by atoms with Crippen molar-refractivity contribution in [1.29, 1.82) is 0 Å². The summed E-state index contributed by atoms with van der Waals surface area (Å²) in [5.74, 6) is 3.02. The van der Waals surface area contributed by atoms with Crippen LogP contribution in [-0.2, 0) is 0 Å². The Balaban J connectivity index is 1.91. The Morgan fingerprint density at radius 2 is 2.39 bits per heavy atom. The predicted octanol–water partition coefficient (Wildman–Crippen LogP) is 3.57. The number of ether oxygens (including phenoxy) is 1. The van der Waals surface area contributed by atoms with Crippen molar-refractivity contribution in [1.82, 2.24) is 4.98 Å². The molecule has 18 heavy (non-hydrogen) atoms. The standard InChI is InChI=1S/C14H22N2OS/c1-11(2)17-13-7-5-8-15-14(13)16-10-12-6-3-4-9-18-12/h5,7-8,11-12H,3-4,6,9-10H2,1-2H3,(H,15,16). The Morgan fingerprint density at radius 3 is 3.11 bits per heavy atom. The maximum Gasteiger partial charge on any atom is 0.168 e. The van der Waals surface area contributed by atoms with Crippen molar-refractivity contribution in [2.45, 2.75) is 44.5 Å². The van der Waals surface area contributed by atoms with E-state index in [1.807, 2.05) is 32.2 Å². The molecule has 1 aromatic rings. The van der Waals surface area contributed by atoms with Crippen molar-refractivity contribution in [2.24, 2.45) is 0 Å². The maximum atomic E-state index is 5.75. The van der Waals surface area contributed by atoms with Crippen LogP contribution in [0.2, 0.25) is 0 Å². The monoisotopic (exact) mass is 266 g/mol. The first-order valence-electron chi connectivity index (χ1n) is 6.73. The molecule has 1 saturated heterocycles. The van der Waals surface area contributed by atoms with E-state index in [4.69, 9.17) is 4.74 Å². The van der Waals surface area contributed by atoms with Gasteiger partial charge in [0.15, 0.2) is 11.6 Å². The third-order valence-electron chi connectivity index (χ3n) is 2.90. The number of aromatic nitrogens is 1. The average molecular weight is 266 g/mol. The number of anilines is 1. The molecular formula is C14H22N2OS. The van der Waals surface area contributed by atoms with Gasteiger partial charge in [-0.25, -0.2) is 4.98 Å². The van der Waals surface area contributed by atoms with Gasteiger partial charge in [0.05, 0.1) is 6.10 Å². The molecule has 2 rings (SSSR count). The lowest BCUT2D eigenvalue weighted by molar-refractivity contribution is 0.243. The zero-order chi connectivity index (χ0) is 12.8. The normalized spacial score (nSPS) is 19.8. The molecular weight excluding hydrogens is 244 g/mol. The fourth-order valence-corrected chi connectivity index (χ4v) is 3.29. The van der Waals surface area contributed by atoms with Gasteiger partial charge in [-0.2, -0.15) is 11.8 Å². The van der Waals surface area contributed by atoms with Gasteiger partial charge in [0, 0.05) is 18.0 Å². The fourth-order valence-electron chi connectivity index (χ4n) is 2.05. The van der Waals surface area contributed by atoms with Crippen LogP contribution >= 0.6 is 11.8 Å². The van der Waals surface area contributed by atoms with Crippen LogP contribution < -0.4 is 10.1 Å². The highest BCUT2D eigenvalue weighted by Crippen LogP contribution is 2.27. The molecule has 1 atom stereocenters. The summed E-state index contributed by atoms with van der Waals surface area (Å²) in [5.41, 5.74) is 0. The molecule has 0 amide bonds. The average Bonchev–Trinajstić information content (AvgIpc) is 2.38. The molecule has 2 heterocycles. The van der Waals surface area contributed by atoms with Crippen molar-refractivity contribution >= 4 is 17.6 Å². The van der Waals surface area contributed by atoms with Crippen LogP contribution in [0.15, 0.2) is 18.3 Å². The number of nitrogens with zero attached hydrogens (tertiary/aromatic N) is 1. The van der Waals surface area contributed by atoms with Gasteiger partial charge in [0.2, 0.25) is 0 Å². The predicted molar refractivity (Wildman–Crippen MR) is 78.6 cm³/mol. The summed E-state index contributed by atoms with van der Waals surface area (Å²) in [7, 11) is 0. The van der Waals surface area contributed by atoms with Crippen LogP contribution in [0, 0.1) is 0 Å². The largest absolute Gasteiger partial charge is 0.487 e. The molecule has 0 bridgehead atoms. The Kier molecular flexibility index (Phi) is 5.17. The highest BCUT2D eigenvalue weighted by atomic mass is 32.2. The van der Waals surface area contributed by atoms with Gasteiger partial charge in [-0.15, -0.1) is 0 Å². The first-order valence-corrected chi connectivity index (χ1v) is 7.77. The van der Waals surface area contributed by atoms with Gasteiger partial charge in [-0.1, -0.05) is 6.42 Å². The van der Waals surface area contributed by atoms with Crippen LogP contribution in [0.5, 0.6) is 5.75 Å². The van der Waals surface area contributed by atoms with Crippen molar-refractivity contribution in [2.75, 3.05) is 17.6 Å². The van der Waals surface area contributed by atoms with E-state index in [0.29, 0.717) is 5.25 Å². The van der Waals surface area contributed by atoms with Crippen molar-refractivity contribution in [3.8, 4) is 5.75 Å². The summed E-state index contributed by atoms with van der Waals surface area (Å²) < 4.78 is 5.75. The third-order valence-corrected chi connectivity index (χ3v) is 4.30. The second kappa shape index (κ2) is 6.88. The molecule has 0 spiro atoms. The Bertz CT molecular complexity index is 365. The second-order valence-corrected chi connectivity index (χ2v) is 6.29. The minimum atomic E-state index is 0.179. The van der Waals surface area contributed by atoms with E-state index in [1.54, 1.807) is 0 Å². The van der Waals surface area contributed by atoms with Crippen LogP contribution in [0.1, 0.15) is 33.1 Å². The second-order valence-electron chi connectivity index (χ2n) is 4.89. The fraction of sp³-hybridized carbons (Fsp3) is 0.643. The van der Waals surface area contributed by atoms with Crippen LogP contribution in [0.3, 0.4) is 0 Å². The van der Waals surface area contributed by atoms with E-state index >= 15 is 0 Å². The maximum absolute atomic E-state index is 5.75. The van der Waals surface area contributed by atoms with Crippen molar-refractivity contribution in [3.05, 3.63) is 18.3 Å². The van der Waals surface area contributed by atoms with E-state index < -0.39 is 0 Å². The minimum absolute atomic E-state index is 0.179. The third kappa shape index (κ3) is 4.09. The quantitative estimate of drug-likeness (QED) is 0.883. The number of rotatable bonds is 5. The smallest absolute Gasteiger partial charge is 0.168 e. The SMILES string of the molecule is CC(C)Oc1cccnc1NCC1CCCCS1. The molecule has 1 aliphatic heterocycles. The lowest BCUT2D eigenvalue weighted by atomic mass is 10.2. The lowest BCUT2D eigenvalue weighted by Gasteiger charge is -2.22. The van der Waals surface area contributed by atoms with E-state index in [0.717, 1.165) is 18.1 Å². The summed E-state index contributed by atoms with van der Waals surface area (Å²) >= 11 is 2.07. The van der Waals surface area contributed by atoms with E-state index in [9.17, 15) is 0 Å². The first-order chi connectivity index (χ1) is 8.75. The van der Waals surface area contributed by atoms with Gasteiger partial charge in [0.1, 0.15) is 0 Å². The number of nitrogens with one attached hydrogen (secondary N) is 1. The van der Waals surface area contributed by atoms with Gasteiger partial charge < -0.3 is 10.1 Å². The number of hydrogen-bond donors (Lipinski definition) is 1. The minimum Gasteiger partial charge on any atom is -0.487 e.